The average molecular weight is 349 g/mol. The third-order valence-electron chi connectivity index (χ3n) is 4.35. The summed E-state index contributed by atoms with van der Waals surface area (Å²) in [7, 11) is 1.82. The van der Waals surface area contributed by atoms with Crippen molar-refractivity contribution >= 4 is 5.91 Å². The first-order chi connectivity index (χ1) is 12.7. The second-order valence-electron chi connectivity index (χ2n) is 6.13. The van der Waals surface area contributed by atoms with E-state index in [4.69, 9.17) is 4.74 Å². The largest absolute Gasteiger partial charge is 0.487 e. The fraction of sp³-hybridized carbons (Fsp3) is 0.238. The number of H-pyrrole nitrogens is 1. The van der Waals surface area contributed by atoms with Gasteiger partial charge in [-0.25, -0.2) is 0 Å². The quantitative estimate of drug-likeness (QED) is 0.695. The van der Waals surface area contributed by atoms with Crippen LogP contribution in [-0.2, 0) is 6.61 Å². The lowest BCUT2D eigenvalue weighted by Gasteiger charge is -2.27. The Kier molecular flexibility index (Phi) is 5.69. The number of nitrogens with one attached hydrogen (secondary N) is 1. The minimum absolute atomic E-state index is 0.0180. The molecular weight excluding hydrogens is 326 g/mol. The Labute approximate surface area is 153 Å². The van der Waals surface area contributed by atoms with Gasteiger partial charge in [0.05, 0.1) is 11.7 Å². The van der Waals surface area contributed by atoms with E-state index in [1.54, 1.807) is 11.0 Å². The van der Waals surface area contributed by atoms with Crippen LogP contribution in [0, 0.1) is 0 Å². The first kappa shape index (κ1) is 17.7. The first-order valence-corrected chi connectivity index (χ1v) is 8.73. The lowest BCUT2D eigenvalue weighted by molar-refractivity contribution is 0.0720. The molecular formula is C21H23N3O2. The molecule has 3 aromatic rings. The van der Waals surface area contributed by atoms with Crippen molar-refractivity contribution in [2.24, 2.45) is 0 Å². The van der Waals surface area contributed by atoms with Gasteiger partial charge in [-0.15, -0.1) is 0 Å². The van der Waals surface area contributed by atoms with E-state index in [1.165, 1.54) is 0 Å². The van der Waals surface area contributed by atoms with E-state index in [9.17, 15) is 4.79 Å². The number of nitrogens with zero attached hydrogens (tertiary/aromatic N) is 2. The predicted octanol–water partition coefficient (Wildman–Crippen LogP) is 4.21. The van der Waals surface area contributed by atoms with Crippen LogP contribution in [0.2, 0.25) is 0 Å². The van der Waals surface area contributed by atoms with Crippen molar-refractivity contribution in [1.82, 2.24) is 15.1 Å². The summed E-state index contributed by atoms with van der Waals surface area (Å²) in [5.41, 5.74) is 2.28. The molecule has 0 spiro atoms. The number of aromatic amines is 1. The fourth-order valence-electron chi connectivity index (χ4n) is 2.95. The van der Waals surface area contributed by atoms with Gasteiger partial charge in [-0.3, -0.25) is 9.89 Å². The summed E-state index contributed by atoms with van der Waals surface area (Å²) in [5, 5.41) is 7.05. The van der Waals surface area contributed by atoms with Gasteiger partial charge in [0, 0.05) is 7.05 Å². The Balaban J connectivity index is 1.67. The Morgan fingerprint density at radius 3 is 2.42 bits per heavy atom. The van der Waals surface area contributed by atoms with Gasteiger partial charge in [0.2, 0.25) is 0 Å². The van der Waals surface area contributed by atoms with Crippen LogP contribution in [0.5, 0.6) is 5.75 Å². The van der Waals surface area contributed by atoms with Crippen LogP contribution < -0.4 is 4.74 Å². The molecule has 0 saturated carbocycles. The summed E-state index contributed by atoms with van der Waals surface area (Å²) < 4.78 is 5.69. The minimum atomic E-state index is -0.108. The standard InChI is InChI=1S/C21H23N3O2/c1-3-20(16-10-6-4-7-11-16)24(2)21(25)19-14-17(22-23-19)15-26-18-12-8-5-9-13-18/h4-14,20H,3,15H2,1-2H3,(H,22,23)/t20-/m0/s1. The summed E-state index contributed by atoms with van der Waals surface area (Å²) in [6, 6.07) is 21.4. The SMILES string of the molecule is CC[C@@H](c1ccccc1)N(C)C(=O)c1cc(COc2ccccc2)[nH]n1. The highest BCUT2D eigenvalue weighted by Crippen LogP contribution is 2.24. The van der Waals surface area contributed by atoms with Gasteiger partial charge in [-0.1, -0.05) is 55.5 Å². The molecule has 1 N–H and O–H groups in total. The highest BCUT2D eigenvalue weighted by atomic mass is 16.5. The minimum Gasteiger partial charge on any atom is -0.487 e. The topological polar surface area (TPSA) is 58.2 Å². The number of carbonyl (C=O) groups excluding carboxylic acids is 1. The molecule has 0 aliphatic carbocycles. The molecule has 0 aliphatic heterocycles. The molecule has 3 rings (SSSR count). The van der Waals surface area contributed by atoms with Crippen LogP contribution >= 0.6 is 0 Å². The second-order valence-corrected chi connectivity index (χ2v) is 6.13. The lowest BCUT2D eigenvalue weighted by Crippen LogP contribution is -2.31. The third-order valence-corrected chi connectivity index (χ3v) is 4.35. The van der Waals surface area contributed by atoms with Gasteiger partial charge in [0.25, 0.3) is 5.91 Å². The first-order valence-electron chi connectivity index (χ1n) is 8.73. The van der Waals surface area contributed by atoms with Crippen molar-refractivity contribution in [2.45, 2.75) is 26.0 Å². The summed E-state index contributed by atoms with van der Waals surface area (Å²) in [6.07, 6.45) is 0.834. The molecule has 2 aromatic carbocycles. The summed E-state index contributed by atoms with van der Waals surface area (Å²) in [6.45, 7) is 2.41. The molecule has 0 radical (unpaired) electrons. The zero-order valence-electron chi connectivity index (χ0n) is 15.1. The molecule has 26 heavy (non-hydrogen) atoms. The van der Waals surface area contributed by atoms with E-state index in [1.807, 2.05) is 67.7 Å². The summed E-state index contributed by atoms with van der Waals surface area (Å²) in [4.78, 5) is 14.6. The van der Waals surface area contributed by atoms with Gasteiger partial charge in [0.1, 0.15) is 12.4 Å². The van der Waals surface area contributed by atoms with E-state index in [-0.39, 0.29) is 11.9 Å². The van der Waals surface area contributed by atoms with E-state index in [0.717, 1.165) is 23.4 Å². The molecule has 5 nitrogen and oxygen atoms in total. The number of amides is 1. The zero-order valence-corrected chi connectivity index (χ0v) is 15.1. The molecule has 1 aromatic heterocycles. The number of carbonyl (C=O) groups is 1. The summed E-state index contributed by atoms with van der Waals surface area (Å²) >= 11 is 0. The molecule has 0 aliphatic rings. The Bertz CT molecular complexity index is 831. The van der Waals surface area contributed by atoms with E-state index in [0.29, 0.717) is 12.3 Å². The smallest absolute Gasteiger partial charge is 0.274 e. The van der Waals surface area contributed by atoms with Crippen LogP contribution in [0.3, 0.4) is 0 Å². The maximum absolute atomic E-state index is 12.8. The van der Waals surface area contributed by atoms with E-state index in [2.05, 4.69) is 17.1 Å². The number of hydrogen-bond donors (Lipinski definition) is 1. The molecule has 1 atom stereocenters. The predicted molar refractivity (Wildman–Crippen MR) is 101 cm³/mol. The van der Waals surface area contributed by atoms with Crippen molar-refractivity contribution in [1.29, 1.82) is 0 Å². The molecule has 0 saturated heterocycles. The van der Waals surface area contributed by atoms with Gasteiger partial charge in [-0.05, 0) is 30.2 Å². The van der Waals surface area contributed by atoms with Gasteiger partial charge in [0.15, 0.2) is 5.69 Å². The highest BCUT2D eigenvalue weighted by molar-refractivity contribution is 5.92. The monoisotopic (exact) mass is 349 g/mol. The highest BCUT2D eigenvalue weighted by Gasteiger charge is 2.23. The molecule has 0 bridgehead atoms. The molecule has 0 fully saturated rings. The molecule has 5 heteroatoms. The van der Waals surface area contributed by atoms with Crippen molar-refractivity contribution in [3.63, 3.8) is 0 Å². The Hall–Kier alpha value is -3.08. The van der Waals surface area contributed by atoms with Crippen molar-refractivity contribution in [3.05, 3.63) is 83.7 Å². The fourth-order valence-corrected chi connectivity index (χ4v) is 2.95. The number of rotatable bonds is 7. The maximum atomic E-state index is 12.8. The van der Waals surface area contributed by atoms with Crippen molar-refractivity contribution < 1.29 is 9.53 Å². The number of ether oxygens (including phenoxy) is 1. The van der Waals surface area contributed by atoms with Crippen LogP contribution in [-0.4, -0.2) is 28.1 Å². The Morgan fingerprint density at radius 1 is 1.12 bits per heavy atom. The van der Waals surface area contributed by atoms with Gasteiger partial charge in [-0.2, -0.15) is 5.10 Å². The zero-order chi connectivity index (χ0) is 18.4. The van der Waals surface area contributed by atoms with Gasteiger partial charge >= 0.3 is 0 Å². The van der Waals surface area contributed by atoms with Crippen molar-refractivity contribution in [2.75, 3.05) is 7.05 Å². The number of benzene rings is 2. The molecule has 134 valence electrons. The van der Waals surface area contributed by atoms with E-state index < -0.39 is 0 Å². The van der Waals surface area contributed by atoms with Crippen LogP contribution in [0.4, 0.5) is 0 Å². The number of para-hydroxylation sites is 1. The lowest BCUT2D eigenvalue weighted by atomic mass is 10.0. The van der Waals surface area contributed by atoms with Crippen LogP contribution in [0.25, 0.3) is 0 Å². The van der Waals surface area contributed by atoms with Crippen LogP contribution in [0.1, 0.15) is 41.1 Å². The van der Waals surface area contributed by atoms with Crippen LogP contribution in [0.15, 0.2) is 66.7 Å². The number of hydrogen-bond acceptors (Lipinski definition) is 3. The molecule has 1 amide bonds. The maximum Gasteiger partial charge on any atom is 0.274 e. The molecule has 1 heterocycles. The second kappa shape index (κ2) is 8.34. The summed E-state index contributed by atoms with van der Waals surface area (Å²) in [5.74, 6) is 0.671. The van der Waals surface area contributed by atoms with Crippen molar-refractivity contribution in [3.8, 4) is 5.75 Å². The number of aromatic nitrogens is 2. The van der Waals surface area contributed by atoms with Gasteiger partial charge < -0.3 is 9.64 Å². The normalized spacial score (nSPS) is 11.8. The average Bonchev–Trinajstić information content (AvgIpc) is 3.17. The molecule has 0 unspecified atom stereocenters. The third kappa shape index (κ3) is 4.11. The van der Waals surface area contributed by atoms with E-state index >= 15 is 0 Å². The Morgan fingerprint density at radius 2 is 1.77 bits per heavy atom.